The van der Waals surface area contributed by atoms with Crippen LogP contribution in [0.15, 0.2) is 4.99 Å². The second-order valence-corrected chi connectivity index (χ2v) is 14.7. The van der Waals surface area contributed by atoms with E-state index in [0.29, 0.717) is 6.61 Å². The molecule has 3 atom stereocenters. The third kappa shape index (κ3) is 6.28. The van der Waals surface area contributed by atoms with Gasteiger partial charge in [0.1, 0.15) is 12.1 Å². The van der Waals surface area contributed by atoms with E-state index in [2.05, 4.69) is 38.9 Å². The highest BCUT2D eigenvalue weighted by atomic mass is 35.6. The molecule has 1 aliphatic heterocycles. The number of esters is 1. The van der Waals surface area contributed by atoms with Crippen molar-refractivity contribution in [1.29, 1.82) is 0 Å². The van der Waals surface area contributed by atoms with Gasteiger partial charge in [-0.05, 0) is 32.0 Å². The molecule has 9 heteroatoms. The fourth-order valence-electron chi connectivity index (χ4n) is 2.27. The van der Waals surface area contributed by atoms with Crippen LogP contribution in [0.4, 0.5) is 0 Å². The third-order valence-electron chi connectivity index (χ3n) is 4.58. The van der Waals surface area contributed by atoms with Crippen molar-refractivity contribution in [2.24, 2.45) is 4.99 Å². The van der Waals surface area contributed by atoms with Crippen LogP contribution in [0.3, 0.4) is 0 Å². The average molecular weight is 433 g/mol. The SMILES string of the molecule is CCOC(=O)C[C@@H]1N=C(C(Cl)(Cl)Cl)O[C@H]1[C@@H](C)O[Si](C)(C)C(C)(C)C. The van der Waals surface area contributed by atoms with Crippen LogP contribution < -0.4 is 0 Å². The Labute approximate surface area is 166 Å². The molecule has 1 heterocycles. The molecule has 0 aromatic heterocycles. The van der Waals surface area contributed by atoms with Crippen molar-refractivity contribution in [1.82, 2.24) is 0 Å². The Hall–Kier alpha value is -0.0131. The number of rotatable bonds is 6. The average Bonchev–Trinajstić information content (AvgIpc) is 2.80. The van der Waals surface area contributed by atoms with E-state index in [1.165, 1.54) is 0 Å². The van der Waals surface area contributed by atoms with Gasteiger partial charge in [-0.2, -0.15) is 0 Å². The zero-order chi connectivity index (χ0) is 19.6. The van der Waals surface area contributed by atoms with Gasteiger partial charge in [0.15, 0.2) is 8.32 Å². The Morgan fingerprint density at radius 1 is 1.32 bits per heavy atom. The number of aliphatic imine (C=N–C) groups is 1. The molecule has 1 aliphatic rings. The van der Waals surface area contributed by atoms with Crippen LogP contribution in [0.5, 0.6) is 0 Å². The lowest BCUT2D eigenvalue weighted by Gasteiger charge is -2.40. The first-order valence-electron chi connectivity index (χ1n) is 8.34. The minimum atomic E-state index is -2.03. The monoisotopic (exact) mass is 431 g/mol. The van der Waals surface area contributed by atoms with E-state index >= 15 is 0 Å². The summed E-state index contributed by atoms with van der Waals surface area (Å²) in [5.41, 5.74) is 0. The minimum Gasteiger partial charge on any atom is -0.470 e. The summed E-state index contributed by atoms with van der Waals surface area (Å²) in [6, 6.07) is -0.510. The van der Waals surface area contributed by atoms with Gasteiger partial charge in [0.25, 0.3) is 3.79 Å². The molecule has 0 saturated carbocycles. The Morgan fingerprint density at radius 3 is 2.32 bits per heavy atom. The number of ether oxygens (including phenoxy) is 2. The van der Waals surface area contributed by atoms with Gasteiger partial charge in [-0.15, -0.1) is 0 Å². The first-order valence-corrected chi connectivity index (χ1v) is 12.4. The van der Waals surface area contributed by atoms with E-state index < -0.39 is 24.3 Å². The Bertz CT molecular complexity index is 514. The molecule has 1 rings (SSSR count). The second-order valence-electron chi connectivity index (χ2n) is 7.67. The summed E-state index contributed by atoms with van der Waals surface area (Å²) in [6.45, 7) is 14.7. The Balaban J connectivity index is 2.96. The maximum absolute atomic E-state index is 11.9. The molecule has 0 bridgehead atoms. The molecule has 0 radical (unpaired) electrons. The molecule has 0 N–H and O–H groups in total. The van der Waals surface area contributed by atoms with Crippen LogP contribution in [0.2, 0.25) is 18.1 Å². The summed E-state index contributed by atoms with van der Waals surface area (Å²) in [6.07, 6.45) is -0.772. The number of carbonyl (C=O) groups excluding carboxylic acids is 1. The van der Waals surface area contributed by atoms with E-state index in [-0.39, 0.29) is 29.4 Å². The molecule has 0 saturated heterocycles. The summed E-state index contributed by atoms with van der Waals surface area (Å²) in [5, 5.41) is 0.0371. The minimum absolute atomic E-state index is 0.0116. The van der Waals surface area contributed by atoms with E-state index in [4.69, 9.17) is 48.7 Å². The summed E-state index contributed by atoms with van der Waals surface area (Å²) in [4.78, 5) is 16.2. The van der Waals surface area contributed by atoms with Crippen LogP contribution in [-0.4, -0.2) is 48.8 Å². The first-order chi connectivity index (χ1) is 11.2. The number of nitrogens with zero attached hydrogens (tertiary/aromatic N) is 1. The van der Waals surface area contributed by atoms with Gasteiger partial charge in [-0.25, -0.2) is 4.99 Å². The van der Waals surface area contributed by atoms with E-state index in [9.17, 15) is 4.79 Å². The quantitative estimate of drug-likeness (QED) is 0.341. The van der Waals surface area contributed by atoms with E-state index in [0.717, 1.165) is 0 Å². The van der Waals surface area contributed by atoms with Crippen molar-refractivity contribution in [2.75, 3.05) is 6.61 Å². The van der Waals surface area contributed by atoms with Crippen molar-refractivity contribution in [3.05, 3.63) is 0 Å². The summed E-state index contributed by atoms with van der Waals surface area (Å²) < 4.78 is 15.4. The molecule has 25 heavy (non-hydrogen) atoms. The fraction of sp³-hybridized carbons (Fsp3) is 0.875. The van der Waals surface area contributed by atoms with Gasteiger partial charge in [-0.1, -0.05) is 55.6 Å². The second kappa shape index (κ2) is 8.34. The summed E-state index contributed by atoms with van der Waals surface area (Å²) in [5.74, 6) is -0.377. The number of hydrogen-bond donors (Lipinski definition) is 0. The standard InChI is InChI=1S/C16H28Cl3NO4Si/c1-8-22-12(21)9-11-13(23-14(20-11)16(17,18)19)10(2)24-25(6,7)15(3,4)5/h10-11,13H,8-9H2,1-7H3/t10-,11+,13+/m1/s1. The van der Waals surface area contributed by atoms with Crippen molar-refractivity contribution < 1.29 is 18.7 Å². The molecule has 0 unspecified atom stereocenters. The van der Waals surface area contributed by atoms with Gasteiger partial charge in [-0.3, -0.25) is 4.79 Å². The third-order valence-corrected chi connectivity index (χ3v) is 9.64. The Morgan fingerprint density at radius 2 is 1.88 bits per heavy atom. The van der Waals surface area contributed by atoms with Gasteiger partial charge in [0.2, 0.25) is 5.90 Å². The molecule has 0 aromatic rings. The van der Waals surface area contributed by atoms with Crippen LogP contribution >= 0.6 is 34.8 Å². The predicted octanol–water partition coefficient (Wildman–Crippen LogP) is 4.89. The zero-order valence-corrected chi connectivity index (χ0v) is 19.1. The summed E-state index contributed by atoms with van der Waals surface area (Å²) in [7, 11) is -2.03. The summed E-state index contributed by atoms with van der Waals surface area (Å²) >= 11 is 17.7. The number of carbonyl (C=O) groups is 1. The number of halogens is 3. The first kappa shape index (κ1) is 23.0. The fourth-order valence-corrected chi connectivity index (χ4v) is 3.97. The van der Waals surface area contributed by atoms with E-state index in [1.54, 1.807) is 6.92 Å². The lowest BCUT2D eigenvalue weighted by Crippen LogP contribution is -2.48. The topological polar surface area (TPSA) is 57.1 Å². The van der Waals surface area contributed by atoms with Crippen LogP contribution in [0.1, 0.15) is 41.0 Å². The van der Waals surface area contributed by atoms with Crippen LogP contribution in [0, 0.1) is 0 Å². The Kier molecular flexibility index (Phi) is 7.68. The van der Waals surface area contributed by atoms with Crippen molar-refractivity contribution in [2.45, 2.75) is 81.2 Å². The number of hydrogen-bond acceptors (Lipinski definition) is 5. The molecule has 0 spiro atoms. The van der Waals surface area contributed by atoms with Crippen molar-refractivity contribution >= 4 is 55.0 Å². The molecular weight excluding hydrogens is 405 g/mol. The van der Waals surface area contributed by atoms with Gasteiger partial charge in [0, 0.05) is 0 Å². The smallest absolute Gasteiger partial charge is 0.308 e. The molecule has 0 amide bonds. The maximum atomic E-state index is 11.9. The van der Waals surface area contributed by atoms with E-state index in [1.807, 2.05) is 6.92 Å². The predicted molar refractivity (Wildman–Crippen MR) is 105 cm³/mol. The molecule has 0 fully saturated rings. The highest BCUT2D eigenvalue weighted by Gasteiger charge is 2.47. The lowest BCUT2D eigenvalue weighted by atomic mass is 10.0. The molecule has 5 nitrogen and oxygen atoms in total. The van der Waals surface area contributed by atoms with Crippen LogP contribution in [0.25, 0.3) is 0 Å². The molecule has 146 valence electrons. The van der Waals surface area contributed by atoms with Gasteiger partial charge in [0.05, 0.1) is 19.1 Å². The van der Waals surface area contributed by atoms with Crippen LogP contribution in [-0.2, 0) is 18.7 Å². The highest BCUT2D eigenvalue weighted by molar-refractivity contribution is 6.76. The van der Waals surface area contributed by atoms with Gasteiger partial charge >= 0.3 is 5.97 Å². The lowest BCUT2D eigenvalue weighted by molar-refractivity contribution is -0.144. The molecular formula is C16H28Cl3NO4Si. The molecule has 0 aromatic carbocycles. The van der Waals surface area contributed by atoms with Gasteiger partial charge < -0.3 is 13.9 Å². The maximum Gasteiger partial charge on any atom is 0.308 e. The zero-order valence-electron chi connectivity index (χ0n) is 15.9. The van der Waals surface area contributed by atoms with Crippen molar-refractivity contribution in [3.63, 3.8) is 0 Å². The molecule has 0 aliphatic carbocycles. The highest BCUT2D eigenvalue weighted by Crippen LogP contribution is 2.40. The number of alkyl halides is 3. The normalized spacial score (nSPS) is 23.0. The largest absolute Gasteiger partial charge is 0.470 e. The van der Waals surface area contributed by atoms with Crippen molar-refractivity contribution in [3.8, 4) is 0 Å².